The number of benzene rings is 1. The van der Waals surface area contributed by atoms with Gasteiger partial charge in [-0.2, -0.15) is 0 Å². The zero-order valence-corrected chi connectivity index (χ0v) is 10.6. The van der Waals surface area contributed by atoms with Crippen LogP contribution in [0.2, 0.25) is 0 Å². The van der Waals surface area contributed by atoms with Gasteiger partial charge in [0, 0.05) is 23.6 Å². The highest BCUT2D eigenvalue weighted by atomic mass is 16.2. The second kappa shape index (κ2) is 5.39. The number of nitrogen functional groups attached to an aromatic ring is 1. The average molecular weight is 257 g/mol. The predicted octanol–water partition coefficient (Wildman–Crippen LogP) is 1.38. The van der Waals surface area contributed by atoms with Crippen LogP contribution in [0.5, 0.6) is 0 Å². The lowest BCUT2D eigenvalue weighted by Crippen LogP contribution is -2.26. The van der Waals surface area contributed by atoms with Gasteiger partial charge in [0.25, 0.3) is 5.56 Å². The first-order chi connectivity index (χ1) is 9.04. The van der Waals surface area contributed by atoms with Gasteiger partial charge in [-0.25, -0.2) is 0 Å². The molecule has 3 N–H and O–H groups in total. The zero-order chi connectivity index (χ0) is 13.8. The first-order valence-electron chi connectivity index (χ1n) is 5.87. The number of hydrogen-bond acceptors (Lipinski definition) is 3. The van der Waals surface area contributed by atoms with Crippen LogP contribution >= 0.6 is 0 Å². The lowest BCUT2D eigenvalue weighted by atomic mass is 10.2. The molecule has 1 heterocycles. The Morgan fingerprint density at radius 2 is 1.89 bits per heavy atom. The van der Waals surface area contributed by atoms with Crippen LogP contribution in [-0.4, -0.2) is 10.5 Å². The summed E-state index contributed by atoms with van der Waals surface area (Å²) in [4.78, 5) is 23.4. The molecule has 0 fully saturated rings. The molecule has 0 saturated heterocycles. The van der Waals surface area contributed by atoms with E-state index in [2.05, 4.69) is 5.32 Å². The number of nitrogens with zero attached hydrogens (tertiary/aromatic N) is 1. The van der Waals surface area contributed by atoms with Crippen LogP contribution in [0.1, 0.15) is 5.56 Å². The minimum atomic E-state index is -0.267. The molecule has 5 heteroatoms. The molecule has 0 bridgehead atoms. The third-order valence-electron chi connectivity index (χ3n) is 2.66. The van der Waals surface area contributed by atoms with Crippen molar-refractivity contribution in [2.75, 3.05) is 11.1 Å². The monoisotopic (exact) mass is 257 g/mol. The largest absolute Gasteiger partial charge is 0.398 e. The van der Waals surface area contributed by atoms with Gasteiger partial charge >= 0.3 is 0 Å². The number of carbonyl (C=O) groups is 1. The van der Waals surface area contributed by atoms with Crippen molar-refractivity contribution in [2.24, 2.45) is 0 Å². The van der Waals surface area contributed by atoms with Crippen molar-refractivity contribution in [3.63, 3.8) is 0 Å². The molecule has 0 aliphatic heterocycles. The Labute approximate surface area is 110 Å². The highest BCUT2D eigenvalue weighted by Crippen LogP contribution is 2.08. The predicted molar refractivity (Wildman–Crippen MR) is 74.9 cm³/mol. The second-order valence-electron chi connectivity index (χ2n) is 4.34. The number of aryl methyl sites for hydroxylation is 1. The second-order valence-corrected chi connectivity index (χ2v) is 4.34. The van der Waals surface area contributed by atoms with Crippen LogP contribution in [0.15, 0.2) is 47.4 Å². The highest BCUT2D eigenvalue weighted by Gasteiger charge is 2.05. The van der Waals surface area contributed by atoms with E-state index in [1.165, 1.54) is 22.9 Å². The van der Waals surface area contributed by atoms with E-state index in [1.807, 2.05) is 31.2 Å². The summed E-state index contributed by atoms with van der Waals surface area (Å²) in [6.45, 7) is 1.91. The van der Waals surface area contributed by atoms with Crippen LogP contribution in [0, 0.1) is 6.92 Å². The fraction of sp³-hybridized carbons (Fsp3) is 0.143. The van der Waals surface area contributed by atoms with Gasteiger partial charge in [0.15, 0.2) is 0 Å². The third-order valence-corrected chi connectivity index (χ3v) is 2.66. The number of rotatable bonds is 3. The van der Waals surface area contributed by atoms with Crippen molar-refractivity contribution >= 4 is 17.3 Å². The van der Waals surface area contributed by atoms with Crippen molar-refractivity contribution < 1.29 is 4.79 Å². The Morgan fingerprint density at radius 3 is 2.58 bits per heavy atom. The summed E-state index contributed by atoms with van der Waals surface area (Å²) in [5.74, 6) is -0.267. The van der Waals surface area contributed by atoms with E-state index in [0.29, 0.717) is 11.4 Å². The summed E-state index contributed by atoms with van der Waals surface area (Å²) in [5.41, 5.74) is 7.59. The molecule has 19 heavy (non-hydrogen) atoms. The Bertz CT molecular complexity index is 644. The molecule has 1 aromatic heterocycles. The van der Waals surface area contributed by atoms with Gasteiger partial charge in [0.05, 0.1) is 0 Å². The maximum atomic E-state index is 11.8. The van der Waals surface area contributed by atoms with Gasteiger partial charge in [-0.05, 0) is 25.1 Å². The Balaban J connectivity index is 2.07. The SMILES string of the molecule is Cc1ccc(NC(=O)Cn2cc(N)ccc2=O)cc1. The first kappa shape index (κ1) is 12.9. The quantitative estimate of drug-likeness (QED) is 0.872. The van der Waals surface area contributed by atoms with Crippen LogP contribution in [0.3, 0.4) is 0 Å². The van der Waals surface area contributed by atoms with E-state index in [-0.39, 0.29) is 18.0 Å². The lowest BCUT2D eigenvalue weighted by Gasteiger charge is -2.08. The van der Waals surface area contributed by atoms with Crippen molar-refractivity contribution in [3.05, 3.63) is 58.5 Å². The smallest absolute Gasteiger partial charge is 0.251 e. The molecule has 2 aromatic rings. The topological polar surface area (TPSA) is 77.1 Å². The summed E-state index contributed by atoms with van der Waals surface area (Å²) in [6, 6.07) is 10.3. The van der Waals surface area contributed by atoms with E-state index in [1.54, 1.807) is 0 Å². The Kier molecular flexibility index (Phi) is 3.66. The Morgan fingerprint density at radius 1 is 1.21 bits per heavy atom. The fourth-order valence-electron chi connectivity index (χ4n) is 1.67. The van der Waals surface area contributed by atoms with Gasteiger partial charge in [0.1, 0.15) is 6.54 Å². The van der Waals surface area contributed by atoms with Crippen LogP contribution < -0.4 is 16.6 Å². The van der Waals surface area contributed by atoms with Crippen LogP contribution in [0.25, 0.3) is 0 Å². The van der Waals surface area contributed by atoms with Gasteiger partial charge in [-0.3, -0.25) is 9.59 Å². The molecule has 5 nitrogen and oxygen atoms in total. The zero-order valence-electron chi connectivity index (χ0n) is 10.6. The van der Waals surface area contributed by atoms with E-state index in [0.717, 1.165) is 5.56 Å². The molecule has 0 atom stereocenters. The van der Waals surface area contributed by atoms with Crippen LogP contribution in [0.4, 0.5) is 11.4 Å². The normalized spacial score (nSPS) is 10.2. The summed E-state index contributed by atoms with van der Waals surface area (Å²) in [5, 5.41) is 2.72. The molecule has 0 unspecified atom stereocenters. The minimum Gasteiger partial charge on any atom is -0.398 e. The molecule has 0 saturated carbocycles. The van der Waals surface area contributed by atoms with Gasteiger partial charge < -0.3 is 15.6 Å². The number of carbonyl (C=O) groups excluding carboxylic acids is 1. The number of nitrogens with two attached hydrogens (primary N) is 1. The van der Waals surface area contributed by atoms with Crippen molar-refractivity contribution in [1.29, 1.82) is 0 Å². The number of nitrogens with one attached hydrogen (secondary N) is 1. The van der Waals surface area contributed by atoms with E-state index in [4.69, 9.17) is 5.73 Å². The fourth-order valence-corrected chi connectivity index (χ4v) is 1.67. The van der Waals surface area contributed by atoms with Crippen LogP contribution in [-0.2, 0) is 11.3 Å². The number of amides is 1. The number of hydrogen-bond donors (Lipinski definition) is 2. The van der Waals surface area contributed by atoms with Gasteiger partial charge in [-0.15, -0.1) is 0 Å². The number of pyridine rings is 1. The molecule has 2 rings (SSSR count). The van der Waals surface area contributed by atoms with Crippen molar-refractivity contribution in [3.8, 4) is 0 Å². The molecule has 0 aliphatic carbocycles. The molecule has 0 aliphatic rings. The van der Waals surface area contributed by atoms with E-state index in [9.17, 15) is 9.59 Å². The van der Waals surface area contributed by atoms with Crippen molar-refractivity contribution in [2.45, 2.75) is 13.5 Å². The molecule has 0 spiro atoms. The summed E-state index contributed by atoms with van der Waals surface area (Å²) in [6.07, 6.45) is 1.46. The number of anilines is 2. The molecule has 1 amide bonds. The number of aromatic nitrogens is 1. The van der Waals surface area contributed by atoms with Gasteiger partial charge in [0.2, 0.25) is 5.91 Å². The van der Waals surface area contributed by atoms with E-state index < -0.39 is 0 Å². The Hall–Kier alpha value is -2.56. The van der Waals surface area contributed by atoms with Gasteiger partial charge in [-0.1, -0.05) is 17.7 Å². The highest BCUT2D eigenvalue weighted by molar-refractivity contribution is 5.90. The minimum absolute atomic E-state index is 0.0578. The third kappa shape index (κ3) is 3.45. The molecule has 1 aromatic carbocycles. The summed E-state index contributed by atoms with van der Waals surface area (Å²) in [7, 11) is 0. The molecular weight excluding hydrogens is 242 g/mol. The summed E-state index contributed by atoms with van der Waals surface area (Å²) < 4.78 is 1.28. The molecule has 0 radical (unpaired) electrons. The molecular formula is C14H15N3O2. The van der Waals surface area contributed by atoms with Crippen molar-refractivity contribution in [1.82, 2.24) is 4.57 Å². The molecule has 98 valence electrons. The van der Waals surface area contributed by atoms with E-state index >= 15 is 0 Å². The maximum absolute atomic E-state index is 11.8. The maximum Gasteiger partial charge on any atom is 0.251 e. The average Bonchev–Trinajstić information content (AvgIpc) is 2.37. The lowest BCUT2D eigenvalue weighted by molar-refractivity contribution is -0.116. The first-order valence-corrected chi connectivity index (χ1v) is 5.87. The summed E-state index contributed by atoms with van der Waals surface area (Å²) >= 11 is 0. The standard InChI is InChI=1S/C14H15N3O2/c1-10-2-5-12(6-3-10)16-13(18)9-17-8-11(15)4-7-14(17)19/h2-8H,9,15H2,1H3,(H,16,18).